The third kappa shape index (κ3) is 3.55. The summed E-state index contributed by atoms with van der Waals surface area (Å²) in [7, 11) is 0. The minimum Gasteiger partial charge on any atom is -0.197 e. The lowest BCUT2D eigenvalue weighted by molar-refractivity contribution is 0.589. The Morgan fingerprint density at radius 3 is 2.67 bits per heavy atom. The number of halogens is 1. The second-order valence-corrected chi connectivity index (χ2v) is 5.52. The molecule has 0 saturated heterocycles. The smallest absolute Gasteiger partial charge is 0.0989 e. The zero-order valence-corrected chi connectivity index (χ0v) is 11.3. The number of hydrogen-bond acceptors (Lipinski definition) is 2. The molecule has 80 valence electrons. The number of benzene rings is 1. The Hall–Kier alpha value is -0.460. The summed E-state index contributed by atoms with van der Waals surface area (Å²) in [5, 5.41) is 9.13. The molecule has 0 aliphatic rings. The van der Waals surface area contributed by atoms with E-state index in [0.29, 0.717) is 5.92 Å². The molecular formula is C12H14BrNS. The summed E-state index contributed by atoms with van der Waals surface area (Å²) in [6.07, 6.45) is 1.04. The zero-order valence-electron chi connectivity index (χ0n) is 8.90. The molecule has 1 aromatic carbocycles. The minimum atomic E-state index is 0.0358. The van der Waals surface area contributed by atoms with Gasteiger partial charge in [0, 0.05) is 9.37 Å². The molecule has 0 amide bonds. The van der Waals surface area contributed by atoms with Crippen molar-refractivity contribution < 1.29 is 0 Å². The largest absolute Gasteiger partial charge is 0.197 e. The average Bonchev–Trinajstić information content (AvgIpc) is 2.27. The summed E-state index contributed by atoms with van der Waals surface area (Å²) in [5.41, 5.74) is 0. The summed E-state index contributed by atoms with van der Waals surface area (Å²) in [4.78, 5) is 1.14. The van der Waals surface area contributed by atoms with Gasteiger partial charge in [-0.3, -0.25) is 0 Å². The third-order valence-corrected chi connectivity index (χ3v) is 4.77. The molecule has 0 aliphatic heterocycles. The van der Waals surface area contributed by atoms with Crippen LogP contribution in [0.2, 0.25) is 0 Å². The fourth-order valence-corrected chi connectivity index (χ4v) is 2.81. The third-order valence-electron chi connectivity index (χ3n) is 2.38. The number of rotatable bonds is 4. The maximum atomic E-state index is 9.09. The Labute approximate surface area is 104 Å². The van der Waals surface area contributed by atoms with Crippen molar-refractivity contribution in [2.45, 2.75) is 30.4 Å². The molecule has 0 bridgehead atoms. The second-order valence-electron chi connectivity index (χ2n) is 3.48. The van der Waals surface area contributed by atoms with Crippen LogP contribution in [0.3, 0.4) is 0 Å². The van der Waals surface area contributed by atoms with Crippen LogP contribution in [0.4, 0.5) is 0 Å². The SMILES string of the molecule is CCC(C)C(C#N)Sc1ccccc1Br. The molecule has 0 N–H and O–H groups in total. The molecule has 0 fully saturated rings. The van der Waals surface area contributed by atoms with Crippen molar-refractivity contribution in [1.82, 2.24) is 0 Å². The fraction of sp³-hybridized carbons (Fsp3) is 0.417. The molecule has 2 atom stereocenters. The van der Waals surface area contributed by atoms with E-state index in [-0.39, 0.29) is 5.25 Å². The van der Waals surface area contributed by atoms with Gasteiger partial charge in [0.15, 0.2) is 0 Å². The van der Waals surface area contributed by atoms with Gasteiger partial charge >= 0.3 is 0 Å². The van der Waals surface area contributed by atoms with Gasteiger partial charge in [-0.05, 0) is 34.0 Å². The van der Waals surface area contributed by atoms with E-state index >= 15 is 0 Å². The van der Waals surface area contributed by atoms with Crippen LogP contribution in [-0.2, 0) is 0 Å². The van der Waals surface area contributed by atoms with Crippen LogP contribution in [0, 0.1) is 17.2 Å². The van der Waals surface area contributed by atoms with Crippen molar-refractivity contribution in [2.24, 2.45) is 5.92 Å². The van der Waals surface area contributed by atoms with Crippen molar-refractivity contribution in [1.29, 1.82) is 5.26 Å². The van der Waals surface area contributed by atoms with Crippen LogP contribution in [0.15, 0.2) is 33.6 Å². The van der Waals surface area contributed by atoms with Gasteiger partial charge in [-0.25, -0.2) is 0 Å². The summed E-state index contributed by atoms with van der Waals surface area (Å²) < 4.78 is 1.07. The standard InChI is InChI=1S/C12H14BrNS/c1-3-9(2)12(8-14)15-11-7-5-4-6-10(11)13/h4-7,9,12H,3H2,1-2H3. The first kappa shape index (κ1) is 12.6. The highest BCUT2D eigenvalue weighted by Crippen LogP contribution is 2.33. The second kappa shape index (κ2) is 6.19. The lowest BCUT2D eigenvalue weighted by Gasteiger charge is -2.15. The van der Waals surface area contributed by atoms with Crippen molar-refractivity contribution in [3.8, 4) is 6.07 Å². The molecule has 0 saturated carbocycles. The molecular weight excluding hydrogens is 270 g/mol. The molecule has 1 nitrogen and oxygen atoms in total. The van der Waals surface area contributed by atoms with E-state index in [4.69, 9.17) is 5.26 Å². The lowest BCUT2D eigenvalue weighted by atomic mass is 10.1. The first-order valence-electron chi connectivity index (χ1n) is 4.99. The van der Waals surface area contributed by atoms with E-state index in [1.165, 1.54) is 0 Å². The Bertz CT molecular complexity index is 359. The Balaban J connectivity index is 2.76. The van der Waals surface area contributed by atoms with Crippen molar-refractivity contribution >= 4 is 27.7 Å². The molecule has 1 rings (SSSR count). The Kier molecular flexibility index (Phi) is 5.21. The highest BCUT2D eigenvalue weighted by molar-refractivity contribution is 9.10. The van der Waals surface area contributed by atoms with Gasteiger partial charge in [0.25, 0.3) is 0 Å². The van der Waals surface area contributed by atoms with Crippen LogP contribution in [0.1, 0.15) is 20.3 Å². The monoisotopic (exact) mass is 283 g/mol. The van der Waals surface area contributed by atoms with E-state index in [2.05, 4.69) is 35.8 Å². The summed E-state index contributed by atoms with van der Waals surface area (Å²) in [6, 6.07) is 10.4. The maximum absolute atomic E-state index is 9.09. The van der Waals surface area contributed by atoms with Gasteiger partial charge in [0.1, 0.15) is 0 Å². The molecule has 0 spiro atoms. The van der Waals surface area contributed by atoms with Crippen LogP contribution in [0.5, 0.6) is 0 Å². The first-order chi connectivity index (χ1) is 7.19. The highest BCUT2D eigenvalue weighted by Gasteiger charge is 2.17. The van der Waals surface area contributed by atoms with E-state index in [1.54, 1.807) is 11.8 Å². The molecule has 0 radical (unpaired) electrons. The maximum Gasteiger partial charge on any atom is 0.0989 e. The van der Waals surface area contributed by atoms with Gasteiger partial charge in [0.05, 0.1) is 11.3 Å². The highest BCUT2D eigenvalue weighted by atomic mass is 79.9. The van der Waals surface area contributed by atoms with Gasteiger partial charge in [0.2, 0.25) is 0 Å². The molecule has 1 aromatic rings. The molecule has 0 heterocycles. The Morgan fingerprint density at radius 2 is 2.13 bits per heavy atom. The number of thioether (sulfide) groups is 1. The topological polar surface area (TPSA) is 23.8 Å². The summed E-state index contributed by atoms with van der Waals surface area (Å²) in [5.74, 6) is 0.423. The van der Waals surface area contributed by atoms with E-state index in [1.807, 2.05) is 24.3 Å². The lowest BCUT2D eigenvalue weighted by Crippen LogP contribution is -2.10. The average molecular weight is 284 g/mol. The molecule has 3 heteroatoms. The predicted octanol–water partition coefficient (Wildman–Crippen LogP) is 4.48. The van der Waals surface area contributed by atoms with Crippen molar-refractivity contribution in [3.05, 3.63) is 28.7 Å². The van der Waals surface area contributed by atoms with Gasteiger partial charge in [-0.2, -0.15) is 5.26 Å². The number of nitriles is 1. The predicted molar refractivity (Wildman–Crippen MR) is 68.9 cm³/mol. The normalized spacial score (nSPS) is 14.3. The van der Waals surface area contributed by atoms with E-state index in [0.717, 1.165) is 15.8 Å². The summed E-state index contributed by atoms with van der Waals surface area (Å²) in [6.45, 7) is 4.24. The summed E-state index contributed by atoms with van der Waals surface area (Å²) >= 11 is 5.13. The quantitative estimate of drug-likeness (QED) is 0.761. The first-order valence-corrected chi connectivity index (χ1v) is 6.67. The van der Waals surface area contributed by atoms with E-state index < -0.39 is 0 Å². The molecule has 0 aromatic heterocycles. The minimum absolute atomic E-state index is 0.0358. The van der Waals surface area contributed by atoms with Crippen molar-refractivity contribution in [3.63, 3.8) is 0 Å². The van der Waals surface area contributed by atoms with Crippen LogP contribution < -0.4 is 0 Å². The van der Waals surface area contributed by atoms with Crippen molar-refractivity contribution in [2.75, 3.05) is 0 Å². The Morgan fingerprint density at radius 1 is 1.47 bits per heavy atom. The molecule has 2 unspecified atom stereocenters. The van der Waals surface area contributed by atoms with Crippen LogP contribution in [0.25, 0.3) is 0 Å². The van der Waals surface area contributed by atoms with Crippen LogP contribution >= 0.6 is 27.7 Å². The molecule has 15 heavy (non-hydrogen) atoms. The van der Waals surface area contributed by atoms with Gasteiger partial charge < -0.3 is 0 Å². The number of hydrogen-bond donors (Lipinski definition) is 0. The van der Waals surface area contributed by atoms with E-state index in [9.17, 15) is 0 Å². The zero-order chi connectivity index (χ0) is 11.3. The molecule has 0 aliphatic carbocycles. The van der Waals surface area contributed by atoms with Gasteiger partial charge in [-0.1, -0.05) is 32.4 Å². The fourth-order valence-electron chi connectivity index (χ4n) is 1.16. The van der Waals surface area contributed by atoms with Crippen LogP contribution in [-0.4, -0.2) is 5.25 Å². The van der Waals surface area contributed by atoms with Gasteiger partial charge in [-0.15, -0.1) is 11.8 Å². The number of nitrogens with zero attached hydrogens (tertiary/aromatic N) is 1.